The molecule has 0 aliphatic rings. The zero-order valence-electron chi connectivity index (χ0n) is 9.89. The molecule has 1 heterocycles. The lowest BCUT2D eigenvalue weighted by Crippen LogP contribution is -2.27. The van der Waals surface area contributed by atoms with E-state index < -0.39 is 16.1 Å². The van der Waals surface area contributed by atoms with Crippen LogP contribution in [0.25, 0.3) is 0 Å². The van der Waals surface area contributed by atoms with Crippen molar-refractivity contribution < 1.29 is 8.42 Å². The minimum Gasteiger partial charge on any atom is -0.266 e. The molecule has 0 radical (unpaired) electrons. The van der Waals surface area contributed by atoms with Crippen molar-refractivity contribution >= 4 is 33.2 Å². The maximum atomic E-state index is 12.0. The number of aromatic amines is 1. The summed E-state index contributed by atoms with van der Waals surface area (Å²) in [6.45, 7) is 1.70. The molecule has 0 fully saturated rings. The van der Waals surface area contributed by atoms with Crippen LogP contribution in [0.3, 0.4) is 0 Å². The fourth-order valence-corrected chi connectivity index (χ4v) is 3.31. The lowest BCUT2D eigenvalue weighted by Gasteiger charge is -2.15. The molecule has 1 atom stereocenters. The zero-order valence-corrected chi connectivity index (χ0v) is 12.2. The topological polar surface area (TPSA) is 74.8 Å². The molecular weight excluding hydrogens is 309 g/mol. The standard InChI is InChI=1S/C11H11Cl2N3O2S/c1-7(9-3-2-8(12)6-10(9)13)16-19(17,18)11-4-5-14-15-11/h2-7,16H,1H3,(H,14,15). The Bertz CT molecular complexity index is 671. The van der Waals surface area contributed by atoms with Gasteiger partial charge in [-0.15, -0.1) is 0 Å². The van der Waals surface area contributed by atoms with Gasteiger partial charge in [0.2, 0.25) is 0 Å². The molecule has 0 amide bonds. The van der Waals surface area contributed by atoms with Crippen molar-refractivity contribution in [1.82, 2.24) is 14.9 Å². The van der Waals surface area contributed by atoms with Crippen LogP contribution in [0.2, 0.25) is 10.0 Å². The molecule has 0 saturated heterocycles. The Morgan fingerprint density at radius 3 is 2.63 bits per heavy atom. The summed E-state index contributed by atoms with van der Waals surface area (Å²) >= 11 is 11.8. The molecular formula is C11H11Cl2N3O2S. The molecule has 1 unspecified atom stereocenters. The van der Waals surface area contributed by atoms with Gasteiger partial charge in [0.05, 0.1) is 6.20 Å². The fourth-order valence-electron chi connectivity index (χ4n) is 1.61. The molecule has 0 aliphatic heterocycles. The molecule has 0 aliphatic carbocycles. The summed E-state index contributed by atoms with van der Waals surface area (Å²) in [7, 11) is -3.65. The zero-order chi connectivity index (χ0) is 14.0. The number of hydrogen-bond donors (Lipinski definition) is 2. The monoisotopic (exact) mass is 319 g/mol. The van der Waals surface area contributed by atoms with Gasteiger partial charge in [0.15, 0.2) is 5.03 Å². The Balaban J connectivity index is 2.24. The number of nitrogens with one attached hydrogen (secondary N) is 2. The number of aromatic nitrogens is 2. The van der Waals surface area contributed by atoms with Gasteiger partial charge in [0.1, 0.15) is 0 Å². The first-order valence-electron chi connectivity index (χ1n) is 5.37. The Morgan fingerprint density at radius 2 is 2.05 bits per heavy atom. The minimum atomic E-state index is -3.65. The van der Waals surface area contributed by atoms with Gasteiger partial charge in [-0.1, -0.05) is 29.3 Å². The maximum absolute atomic E-state index is 12.0. The van der Waals surface area contributed by atoms with Crippen LogP contribution in [-0.4, -0.2) is 18.6 Å². The van der Waals surface area contributed by atoms with Gasteiger partial charge in [-0.05, 0) is 30.7 Å². The van der Waals surface area contributed by atoms with E-state index >= 15 is 0 Å². The van der Waals surface area contributed by atoms with Crippen LogP contribution >= 0.6 is 23.2 Å². The molecule has 0 bridgehead atoms. The Kier molecular flexibility index (Phi) is 4.15. The predicted octanol–water partition coefficient (Wildman–Crippen LogP) is 2.76. The van der Waals surface area contributed by atoms with Gasteiger partial charge in [0, 0.05) is 16.1 Å². The lowest BCUT2D eigenvalue weighted by molar-refractivity contribution is 0.563. The molecule has 2 aromatic rings. The summed E-state index contributed by atoms with van der Waals surface area (Å²) in [6, 6.07) is 5.80. The summed E-state index contributed by atoms with van der Waals surface area (Å²) in [4.78, 5) is 0. The second kappa shape index (κ2) is 5.50. The molecule has 0 spiro atoms. The summed E-state index contributed by atoms with van der Waals surface area (Å²) < 4.78 is 26.5. The average molecular weight is 320 g/mol. The van der Waals surface area contributed by atoms with Crippen molar-refractivity contribution in [3.05, 3.63) is 46.1 Å². The van der Waals surface area contributed by atoms with E-state index in [0.29, 0.717) is 15.6 Å². The highest BCUT2D eigenvalue weighted by molar-refractivity contribution is 7.89. The highest BCUT2D eigenvalue weighted by Crippen LogP contribution is 2.26. The van der Waals surface area contributed by atoms with Crippen molar-refractivity contribution in [2.24, 2.45) is 0 Å². The third-order valence-electron chi connectivity index (χ3n) is 2.53. The number of hydrogen-bond acceptors (Lipinski definition) is 3. The van der Waals surface area contributed by atoms with Crippen molar-refractivity contribution in [2.75, 3.05) is 0 Å². The smallest absolute Gasteiger partial charge is 0.258 e. The van der Waals surface area contributed by atoms with Crippen molar-refractivity contribution in [2.45, 2.75) is 18.0 Å². The summed E-state index contributed by atoms with van der Waals surface area (Å²) in [5, 5.41) is 6.92. The van der Waals surface area contributed by atoms with Crippen molar-refractivity contribution in [1.29, 1.82) is 0 Å². The van der Waals surface area contributed by atoms with E-state index in [1.54, 1.807) is 25.1 Å². The molecule has 2 rings (SSSR count). The lowest BCUT2D eigenvalue weighted by atomic mass is 10.1. The van der Waals surface area contributed by atoms with Gasteiger partial charge in [-0.2, -0.15) is 5.10 Å². The third kappa shape index (κ3) is 3.27. The van der Waals surface area contributed by atoms with Gasteiger partial charge < -0.3 is 0 Å². The van der Waals surface area contributed by atoms with Crippen molar-refractivity contribution in [3.63, 3.8) is 0 Å². The number of halogens is 2. The van der Waals surface area contributed by atoms with E-state index in [-0.39, 0.29) is 5.03 Å². The highest BCUT2D eigenvalue weighted by Gasteiger charge is 2.20. The third-order valence-corrected chi connectivity index (χ3v) is 4.56. The van der Waals surface area contributed by atoms with E-state index in [9.17, 15) is 8.42 Å². The normalized spacial score (nSPS) is 13.4. The Morgan fingerprint density at radius 1 is 1.32 bits per heavy atom. The van der Waals surface area contributed by atoms with E-state index in [1.807, 2.05) is 0 Å². The Labute approximate surface area is 121 Å². The van der Waals surface area contributed by atoms with E-state index in [1.165, 1.54) is 12.3 Å². The second-order valence-electron chi connectivity index (χ2n) is 3.93. The predicted molar refractivity (Wildman–Crippen MR) is 73.8 cm³/mol. The molecule has 2 N–H and O–H groups in total. The van der Waals surface area contributed by atoms with Crippen LogP contribution in [0.4, 0.5) is 0 Å². The SMILES string of the molecule is CC(NS(=O)(=O)c1ccn[nH]1)c1ccc(Cl)cc1Cl. The van der Waals surface area contributed by atoms with Crippen LogP contribution < -0.4 is 4.72 Å². The quantitative estimate of drug-likeness (QED) is 0.909. The van der Waals surface area contributed by atoms with Crippen LogP contribution in [-0.2, 0) is 10.0 Å². The molecule has 8 heteroatoms. The largest absolute Gasteiger partial charge is 0.266 e. The van der Waals surface area contributed by atoms with Gasteiger partial charge in [-0.3, -0.25) is 5.10 Å². The molecule has 1 aromatic heterocycles. The number of nitrogens with zero attached hydrogens (tertiary/aromatic N) is 1. The van der Waals surface area contributed by atoms with Crippen LogP contribution in [0, 0.1) is 0 Å². The maximum Gasteiger partial charge on any atom is 0.258 e. The van der Waals surface area contributed by atoms with E-state index in [0.717, 1.165) is 0 Å². The summed E-state index contributed by atoms with van der Waals surface area (Å²) in [5.41, 5.74) is 0.647. The molecule has 19 heavy (non-hydrogen) atoms. The van der Waals surface area contributed by atoms with Crippen LogP contribution in [0.1, 0.15) is 18.5 Å². The molecule has 102 valence electrons. The number of sulfonamides is 1. The van der Waals surface area contributed by atoms with Gasteiger partial charge >= 0.3 is 0 Å². The van der Waals surface area contributed by atoms with Crippen LogP contribution in [0.15, 0.2) is 35.5 Å². The number of H-pyrrole nitrogens is 1. The average Bonchev–Trinajstić information content (AvgIpc) is 2.81. The Hall–Kier alpha value is -1.08. The number of benzene rings is 1. The molecule has 1 aromatic carbocycles. The first-order chi connectivity index (χ1) is 8.90. The number of rotatable bonds is 4. The summed E-state index contributed by atoms with van der Waals surface area (Å²) in [6.07, 6.45) is 1.37. The second-order valence-corrected chi connectivity index (χ2v) is 6.46. The first kappa shape index (κ1) is 14.3. The molecule has 0 saturated carbocycles. The van der Waals surface area contributed by atoms with E-state index in [4.69, 9.17) is 23.2 Å². The first-order valence-corrected chi connectivity index (χ1v) is 7.61. The van der Waals surface area contributed by atoms with E-state index in [2.05, 4.69) is 14.9 Å². The fraction of sp³-hybridized carbons (Fsp3) is 0.182. The van der Waals surface area contributed by atoms with Crippen LogP contribution in [0.5, 0.6) is 0 Å². The minimum absolute atomic E-state index is 0.00411. The summed E-state index contributed by atoms with van der Waals surface area (Å²) in [5.74, 6) is 0. The highest BCUT2D eigenvalue weighted by atomic mass is 35.5. The van der Waals surface area contributed by atoms with Gasteiger partial charge in [0.25, 0.3) is 10.0 Å². The molecule has 5 nitrogen and oxygen atoms in total. The van der Waals surface area contributed by atoms with Crippen molar-refractivity contribution in [3.8, 4) is 0 Å². The van der Waals surface area contributed by atoms with Gasteiger partial charge in [-0.25, -0.2) is 13.1 Å².